The molecule has 0 saturated carbocycles. The van der Waals surface area contributed by atoms with Crippen LogP contribution >= 0.6 is 0 Å². The number of aryl methyl sites for hydroxylation is 2. The molecule has 0 saturated heterocycles. The third kappa shape index (κ3) is 2.71. The molecule has 102 valence electrons. The van der Waals surface area contributed by atoms with Gasteiger partial charge in [0.25, 0.3) is 0 Å². The normalized spacial score (nSPS) is 11.3. The highest BCUT2D eigenvalue weighted by Gasteiger charge is 2.15. The molecule has 0 fully saturated rings. The Labute approximate surface area is 115 Å². The third-order valence-corrected chi connectivity index (χ3v) is 3.58. The summed E-state index contributed by atoms with van der Waals surface area (Å²) in [6.45, 7) is 9.34. The second kappa shape index (κ2) is 5.57. The Kier molecular flexibility index (Phi) is 4.05. The van der Waals surface area contributed by atoms with E-state index in [-0.39, 0.29) is 0 Å². The van der Waals surface area contributed by atoms with Gasteiger partial charge in [0.05, 0.1) is 17.6 Å². The van der Waals surface area contributed by atoms with Crippen molar-refractivity contribution in [3.63, 3.8) is 0 Å². The molecule has 0 atom stereocenters. The van der Waals surface area contributed by atoms with Crippen molar-refractivity contribution in [3.05, 3.63) is 46.8 Å². The van der Waals surface area contributed by atoms with Gasteiger partial charge in [0.15, 0.2) is 0 Å². The van der Waals surface area contributed by atoms with Crippen LogP contribution in [-0.2, 0) is 6.42 Å². The molecule has 2 aromatic rings. The van der Waals surface area contributed by atoms with E-state index < -0.39 is 0 Å². The number of aromatic nitrogens is 2. The highest BCUT2D eigenvalue weighted by atomic mass is 15.3. The molecular weight excluding hydrogens is 234 g/mol. The minimum atomic E-state index is 0.436. The summed E-state index contributed by atoms with van der Waals surface area (Å²) in [5.41, 5.74) is 12.0. The summed E-state index contributed by atoms with van der Waals surface area (Å²) >= 11 is 0. The van der Waals surface area contributed by atoms with Gasteiger partial charge in [-0.25, -0.2) is 4.68 Å². The molecule has 1 aromatic carbocycles. The number of nitrogens with zero attached hydrogens (tertiary/aromatic N) is 2. The van der Waals surface area contributed by atoms with Crippen LogP contribution in [0.2, 0.25) is 0 Å². The van der Waals surface area contributed by atoms with E-state index >= 15 is 0 Å². The molecule has 1 heterocycles. The lowest BCUT2D eigenvalue weighted by molar-refractivity contribution is 0.723. The average molecular weight is 257 g/mol. The monoisotopic (exact) mass is 257 g/mol. The second-order valence-corrected chi connectivity index (χ2v) is 5.43. The molecule has 0 bridgehead atoms. The predicted molar refractivity (Wildman–Crippen MR) is 79.9 cm³/mol. The minimum absolute atomic E-state index is 0.436. The third-order valence-electron chi connectivity index (χ3n) is 3.58. The van der Waals surface area contributed by atoms with Crippen molar-refractivity contribution in [1.82, 2.24) is 9.78 Å². The van der Waals surface area contributed by atoms with Gasteiger partial charge in [0.1, 0.15) is 0 Å². The highest BCUT2D eigenvalue weighted by Crippen LogP contribution is 2.24. The Hall–Kier alpha value is -1.61. The molecule has 19 heavy (non-hydrogen) atoms. The van der Waals surface area contributed by atoms with Gasteiger partial charge in [-0.2, -0.15) is 5.10 Å². The van der Waals surface area contributed by atoms with E-state index in [9.17, 15) is 0 Å². The number of hydrogen-bond acceptors (Lipinski definition) is 2. The first-order chi connectivity index (χ1) is 9.04. The Morgan fingerprint density at radius 3 is 2.53 bits per heavy atom. The minimum Gasteiger partial charge on any atom is -0.330 e. The summed E-state index contributed by atoms with van der Waals surface area (Å²) in [6.07, 6.45) is 2.84. The smallest absolute Gasteiger partial charge is 0.0651 e. The van der Waals surface area contributed by atoms with Crippen LogP contribution in [-0.4, -0.2) is 16.3 Å². The number of rotatable bonds is 4. The number of nitrogens with two attached hydrogens (primary N) is 1. The van der Waals surface area contributed by atoms with Crippen molar-refractivity contribution in [3.8, 4) is 5.69 Å². The van der Waals surface area contributed by atoms with Crippen LogP contribution in [0.1, 0.15) is 42.1 Å². The fraction of sp³-hybridized carbons (Fsp3) is 0.438. The SMILES string of the molecule is Cc1ccc(-n2ncc(CCN)c2C(C)C)cc1C. The Morgan fingerprint density at radius 2 is 1.95 bits per heavy atom. The number of benzene rings is 1. The topological polar surface area (TPSA) is 43.8 Å². The van der Waals surface area contributed by atoms with Crippen LogP contribution in [0.25, 0.3) is 5.69 Å². The maximum absolute atomic E-state index is 5.68. The van der Waals surface area contributed by atoms with E-state index in [2.05, 4.69) is 55.7 Å². The molecule has 0 spiro atoms. The van der Waals surface area contributed by atoms with Gasteiger partial charge in [-0.15, -0.1) is 0 Å². The van der Waals surface area contributed by atoms with Crippen LogP contribution in [0.5, 0.6) is 0 Å². The molecule has 0 aliphatic rings. The lowest BCUT2D eigenvalue weighted by atomic mass is 10.0. The van der Waals surface area contributed by atoms with E-state index in [1.165, 1.54) is 22.4 Å². The second-order valence-electron chi connectivity index (χ2n) is 5.43. The van der Waals surface area contributed by atoms with Gasteiger partial charge in [0, 0.05) is 0 Å². The van der Waals surface area contributed by atoms with Gasteiger partial charge in [-0.05, 0) is 61.6 Å². The van der Waals surface area contributed by atoms with Gasteiger partial charge < -0.3 is 5.73 Å². The van der Waals surface area contributed by atoms with E-state index in [1.807, 2.05) is 6.20 Å². The van der Waals surface area contributed by atoms with Gasteiger partial charge in [-0.3, -0.25) is 0 Å². The Bertz CT molecular complexity index is 567. The first-order valence-electron chi connectivity index (χ1n) is 6.89. The molecule has 0 unspecified atom stereocenters. The zero-order valence-electron chi connectivity index (χ0n) is 12.3. The summed E-state index contributed by atoms with van der Waals surface area (Å²) in [5, 5.41) is 4.56. The van der Waals surface area contributed by atoms with Crippen LogP contribution in [0.15, 0.2) is 24.4 Å². The molecule has 3 heteroatoms. The van der Waals surface area contributed by atoms with Crippen LogP contribution < -0.4 is 5.73 Å². The molecule has 2 rings (SSSR count). The van der Waals surface area contributed by atoms with Crippen LogP contribution in [0.3, 0.4) is 0 Å². The molecule has 2 N–H and O–H groups in total. The maximum Gasteiger partial charge on any atom is 0.0651 e. The summed E-state index contributed by atoms with van der Waals surface area (Å²) in [6, 6.07) is 6.48. The summed E-state index contributed by atoms with van der Waals surface area (Å²) in [7, 11) is 0. The predicted octanol–water partition coefficient (Wildman–Crippen LogP) is 3.11. The fourth-order valence-corrected chi connectivity index (χ4v) is 2.42. The first kappa shape index (κ1) is 13.8. The van der Waals surface area contributed by atoms with Crippen molar-refractivity contribution in [2.45, 2.75) is 40.0 Å². The highest BCUT2D eigenvalue weighted by molar-refractivity contribution is 5.41. The summed E-state index contributed by atoms with van der Waals surface area (Å²) in [4.78, 5) is 0. The standard InChI is InChI=1S/C16H23N3/c1-11(2)16-14(7-8-17)10-18-19(16)15-6-5-12(3)13(4)9-15/h5-6,9-11H,7-8,17H2,1-4H3. The van der Waals surface area contributed by atoms with Crippen molar-refractivity contribution in [1.29, 1.82) is 0 Å². The zero-order valence-corrected chi connectivity index (χ0v) is 12.3. The van der Waals surface area contributed by atoms with Crippen molar-refractivity contribution in [2.24, 2.45) is 5.73 Å². The Morgan fingerprint density at radius 1 is 1.21 bits per heavy atom. The fourth-order valence-electron chi connectivity index (χ4n) is 2.42. The molecule has 0 amide bonds. The number of hydrogen-bond donors (Lipinski definition) is 1. The summed E-state index contributed by atoms with van der Waals surface area (Å²) in [5.74, 6) is 0.436. The van der Waals surface area contributed by atoms with Crippen molar-refractivity contribution < 1.29 is 0 Å². The van der Waals surface area contributed by atoms with E-state index in [1.54, 1.807) is 0 Å². The van der Waals surface area contributed by atoms with Gasteiger partial charge in [-0.1, -0.05) is 19.9 Å². The van der Waals surface area contributed by atoms with Gasteiger partial charge in [0.2, 0.25) is 0 Å². The molecule has 3 nitrogen and oxygen atoms in total. The molecule has 0 aliphatic heterocycles. The largest absolute Gasteiger partial charge is 0.330 e. The van der Waals surface area contributed by atoms with Crippen molar-refractivity contribution >= 4 is 0 Å². The first-order valence-corrected chi connectivity index (χ1v) is 6.89. The van der Waals surface area contributed by atoms with Crippen LogP contribution in [0.4, 0.5) is 0 Å². The molecule has 1 aromatic heterocycles. The van der Waals surface area contributed by atoms with Gasteiger partial charge >= 0.3 is 0 Å². The van der Waals surface area contributed by atoms with Crippen LogP contribution in [0, 0.1) is 13.8 Å². The lowest BCUT2D eigenvalue weighted by Crippen LogP contribution is -2.09. The zero-order chi connectivity index (χ0) is 14.0. The quantitative estimate of drug-likeness (QED) is 0.914. The maximum atomic E-state index is 5.68. The molecular formula is C16H23N3. The lowest BCUT2D eigenvalue weighted by Gasteiger charge is -2.13. The molecule has 0 radical (unpaired) electrons. The van der Waals surface area contributed by atoms with E-state index in [4.69, 9.17) is 5.73 Å². The van der Waals surface area contributed by atoms with E-state index in [0.29, 0.717) is 12.5 Å². The summed E-state index contributed by atoms with van der Waals surface area (Å²) < 4.78 is 2.06. The van der Waals surface area contributed by atoms with Crippen molar-refractivity contribution in [2.75, 3.05) is 6.54 Å². The average Bonchev–Trinajstić information content (AvgIpc) is 2.77. The molecule has 0 aliphatic carbocycles. The van der Waals surface area contributed by atoms with E-state index in [0.717, 1.165) is 12.1 Å². The Balaban J connectivity index is 2.52.